The molecule has 0 unspecified atom stereocenters. The highest BCUT2D eigenvalue weighted by molar-refractivity contribution is 5.85. The smallest absolute Gasteiger partial charge is 0.373 e. The largest absolute Gasteiger partial charge is 0.454 e. The molecule has 0 atom stereocenters. The third kappa shape index (κ3) is 4.42. The number of rotatable bonds is 6. The molecule has 1 saturated heterocycles. The van der Waals surface area contributed by atoms with E-state index in [2.05, 4.69) is 19.9 Å². The van der Waals surface area contributed by atoms with Crippen molar-refractivity contribution in [1.82, 2.24) is 19.9 Å². The van der Waals surface area contributed by atoms with E-state index in [0.717, 1.165) is 23.6 Å². The van der Waals surface area contributed by atoms with Gasteiger partial charge in [0.25, 0.3) is 0 Å². The third-order valence-corrected chi connectivity index (χ3v) is 6.35. The summed E-state index contributed by atoms with van der Waals surface area (Å²) in [6.07, 6.45) is 2.73. The number of fused-ring (bicyclic) bond motifs is 2. The van der Waals surface area contributed by atoms with Crippen molar-refractivity contribution in [3.8, 4) is 23.1 Å². The molecular weight excluding hydrogens is 483 g/mol. The molecule has 0 saturated carbocycles. The number of hydrogen-bond donors (Lipinski definition) is 0. The number of ether oxygens (including phenoxy) is 3. The van der Waals surface area contributed by atoms with Gasteiger partial charge in [-0.25, -0.2) is 9.37 Å². The van der Waals surface area contributed by atoms with Crippen LogP contribution in [0.4, 0.5) is 15.9 Å². The molecule has 0 aliphatic carbocycles. The van der Waals surface area contributed by atoms with Crippen molar-refractivity contribution < 1.29 is 23.5 Å². The van der Waals surface area contributed by atoms with E-state index < -0.39 is 10.7 Å². The van der Waals surface area contributed by atoms with E-state index in [1.54, 1.807) is 12.1 Å². The Bertz CT molecular complexity index is 1490. The van der Waals surface area contributed by atoms with Gasteiger partial charge >= 0.3 is 11.6 Å². The number of anilines is 1. The summed E-state index contributed by atoms with van der Waals surface area (Å²) < 4.78 is 30.9. The molecule has 1 fully saturated rings. The predicted molar refractivity (Wildman–Crippen MR) is 131 cm³/mol. The Morgan fingerprint density at radius 2 is 1.86 bits per heavy atom. The van der Waals surface area contributed by atoms with Crippen LogP contribution in [0.5, 0.6) is 23.1 Å². The van der Waals surface area contributed by atoms with Gasteiger partial charge in [-0.15, -0.1) is 0 Å². The van der Waals surface area contributed by atoms with E-state index in [9.17, 15) is 14.5 Å². The van der Waals surface area contributed by atoms with Crippen LogP contribution in [0.3, 0.4) is 0 Å². The number of nitrogens with zero attached hydrogens (tertiary/aromatic N) is 6. The van der Waals surface area contributed by atoms with Crippen LogP contribution in [0.25, 0.3) is 10.9 Å². The highest BCUT2D eigenvalue weighted by Gasteiger charge is 2.31. The third-order valence-electron chi connectivity index (χ3n) is 6.35. The zero-order valence-electron chi connectivity index (χ0n) is 19.5. The molecule has 12 heteroatoms. The topological polar surface area (TPSA) is 116 Å². The summed E-state index contributed by atoms with van der Waals surface area (Å²) in [5, 5.41) is 12.3. The van der Waals surface area contributed by atoms with Crippen LogP contribution in [0.15, 0.2) is 55.0 Å². The van der Waals surface area contributed by atoms with E-state index in [4.69, 9.17) is 14.2 Å². The highest BCUT2D eigenvalue weighted by Crippen LogP contribution is 2.38. The van der Waals surface area contributed by atoms with Crippen LogP contribution in [0.2, 0.25) is 0 Å². The van der Waals surface area contributed by atoms with Crippen LogP contribution in [-0.4, -0.2) is 57.7 Å². The fourth-order valence-electron chi connectivity index (χ4n) is 4.53. The van der Waals surface area contributed by atoms with Gasteiger partial charge in [-0.2, -0.15) is 4.98 Å². The van der Waals surface area contributed by atoms with Crippen LogP contribution in [-0.2, 0) is 6.54 Å². The normalized spacial score (nSPS) is 15.2. The fourth-order valence-corrected chi connectivity index (χ4v) is 4.53. The average Bonchev–Trinajstić information content (AvgIpc) is 3.39. The molecule has 0 N–H and O–H groups in total. The maximum atomic E-state index is 14.2. The van der Waals surface area contributed by atoms with Gasteiger partial charge in [0.1, 0.15) is 17.7 Å². The van der Waals surface area contributed by atoms with Crippen molar-refractivity contribution in [2.75, 3.05) is 37.9 Å². The highest BCUT2D eigenvalue weighted by atomic mass is 19.1. The van der Waals surface area contributed by atoms with Gasteiger partial charge in [-0.1, -0.05) is 6.07 Å². The van der Waals surface area contributed by atoms with Gasteiger partial charge in [-0.3, -0.25) is 20.0 Å². The Labute approximate surface area is 210 Å². The Kier molecular flexibility index (Phi) is 5.85. The summed E-state index contributed by atoms with van der Waals surface area (Å²) in [5.41, 5.74) is 0.996. The maximum absolute atomic E-state index is 14.2. The molecule has 4 heterocycles. The Hall–Kier alpha value is -4.58. The first kappa shape index (κ1) is 22.9. The van der Waals surface area contributed by atoms with Crippen molar-refractivity contribution in [2.24, 2.45) is 0 Å². The first-order chi connectivity index (χ1) is 18.1. The number of piperazine rings is 1. The Morgan fingerprint density at radius 1 is 1.03 bits per heavy atom. The minimum Gasteiger partial charge on any atom is -0.454 e. The molecular formula is C25H21FN6O5. The lowest BCUT2D eigenvalue weighted by Gasteiger charge is -2.35. The molecule has 188 valence electrons. The lowest BCUT2D eigenvalue weighted by atomic mass is 10.1. The van der Waals surface area contributed by atoms with Crippen molar-refractivity contribution in [1.29, 1.82) is 0 Å². The lowest BCUT2D eigenvalue weighted by molar-refractivity contribution is -0.385. The molecule has 0 amide bonds. The van der Waals surface area contributed by atoms with Gasteiger partial charge in [-0.05, 0) is 42.0 Å². The summed E-state index contributed by atoms with van der Waals surface area (Å²) in [7, 11) is 0. The molecule has 2 aliphatic heterocycles. The van der Waals surface area contributed by atoms with Gasteiger partial charge < -0.3 is 19.1 Å². The second-order valence-electron chi connectivity index (χ2n) is 8.61. The zero-order valence-corrected chi connectivity index (χ0v) is 19.5. The zero-order chi connectivity index (χ0) is 25.4. The van der Waals surface area contributed by atoms with Gasteiger partial charge in [0.2, 0.25) is 12.6 Å². The average molecular weight is 504 g/mol. The van der Waals surface area contributed by atoms with Crippen LogP contribution >= 0.6 is 0 Å². The summed E-state index contributed by atoms with van der Waals surface area (Å²) in [4.78, 5) is 28.1. The molecule has 0 bridgehead atoms. The quantitative estimate of drug-likeness (QED) is 0.283. The summed E-state index contributed by atoms with van der Waals surface area (Å²) in [6.45, 7) is 3.37. The molecule has 0 spiro atoms. The van der Waals surface area contributed by atoms with E-state index in [-0.39, 0.29) is 40.8 Å². The van der Waals surface area contributed by atoms with E-state index in [0.29, 0.717) is 26.2 Å². The number of nitro groups is 1. The van der Waals surface area contributed by atoms with Crippen LogP contribution in [0, 0.1) is 15.9 Å². The fraction of sp³-hybridized carbons (Fsp3) is 0.240. The number of aromatic nitrogens is 3. The second-order valence-corrected chi connectivity index (χ2v) is 8.61. The Balaban J connectivity index is 1.21. The number of pyridine rings is 1. The standard InChI is InChI=1S/C25H21FN6O5/c26-18-4-6-20(22-17(18)2-1-7-27-22)37-25-23(32(33)34)24(28-14-29-25)31-10-8-30(9-11-31)13-16-3-5-19-21(12-16)36-15-35-19/h1-7,12,14H,8-11,13,15H2. The Morgan fingerprint density at radius 3 is 2.70 bits per heavy atom. The molecule has 37 heavy (non-hydrogen) atoms. The predicted octanol–water partition coefficient (Wildman–Crippen LogP) is 3.92. The SMILES string of the molecule is O=[N+]([O-])c1c(Oc2ccc(F)c3cccnc23)ncnc1N1CCN(Cc2ccc3c(c2)OCO3)CC1. The number of halogens is 1. The molecule has 11 nitrogen and oxygen atoms in total. The molecule has 0 radical (unpaired) electrons. The summed E-state index contributed by atoms with van der Waals surface area (Å²) in [6, 6.07) is 11.7. The van der Waals surface area contributed by atoms with E-state index in [1.807, 2.05) is 23.1 Å². The lowest BCUT2D eigenvalue weighted by Crippen LogP contribution is -2.46. The van der Waals surface area contributed by atoms with Gasteiger partial charge in [0, 0.05) is 44.3 Å². The summed E-state index contributed by atoms with van der Waals surface area (Å²) in [5.74, 6) is 1.13. The molecule has 6 rings (SSSR count). The first-order valence-corrected chi connectivity index (χ1v) is 11.6. The van der Waals surface area contributed by atoms with E-state index >= 15 is 0 Å². The summed E-state index contributed by atoms with van der Waals surface area (Å²) >= 11 is 0. The van der Waals surface area contributed by atoms with Crippen molar-refractivity contribution in [3.63, 3.8) is 0 Å². The molecule has 2 aromatic heterocycles. The van der Waals surface area contributed by atoms with Gasteiger partial charge in [0.05, 0.1) is 4.92 Å². The maximum Gasteiger partial charge on any atom is 0.373 e. The van der Waals surface area contributed by atoms with Crippen LogP contribution < -0.4 is 19.1 Å². The van der Waals surface area contributed by atoms with E-state index in [1.165, 1.54) is 24.7 Å². The number of benzene rings is 2. The molecule has 4 aromatic rings. The first-order valence-electron chi connectivity index (χ1n) is 11.6. The number of hydrogen-bond acceptors (Lipinski definition) is 10. The second kappa shape index (κ2) is 9.47. The van der Waals surface area contributed by atoms with Gasteiger partial charge in [0.15, 0.2) is 17.2 Å². The minimum atomic E-state index is -0.553. The van der Waals surface area contributed by atoms with Crippen molar-refractivity contribution in [2.45, 2.75) is 6.54 Å². The monoisotopic (exact) mass is 504 g/mol. The molecule has 2 aromatic carbocycles. The molecule has 2 aliphatic rings. The van der Waals surface area contributed by atoms with Crippen molar-refractivity contribution >= 4 is 22.4 Å². The minimum absolute atomic E-state index is 0.165. The van der Waals surface area contributed by atoms with Crippen molar-refractivity contribution in [3.05, 3.63) is 76.5 Å². The van der Waals surface area contributed by atoms with Crippen LogP contribution in [0.1, 0.15) is 5.56 Å².